The molecule has 0 bridgehead atoms. The van der Waals surface area contributed by atoms with Crippen LogP contribution in [0.1, 0.15) is 89.2 Å². The first-order chi connectivity index (χ1) is 14.2. The molecule has 1 aliphatic carbocycles. The number of hydrogen-bond donors (Lipinski definition) is 0. The van der Waals surface area contributed by atoms with Gasteiger partial charge in [0.1, 0.15) is 11.6 Å². The van der Waals surface area contributed by atoms with Crippen LogP contribution in [0.15, 0.2) is 36.4 Å². The zero-order valence-electron chi connectivity index (χ0n) is 18.5. The standard InChI is InChI=1S/C27H37FO/c1-4-7-8-9-20-10-12-21(13-11-20)22-14-16-23(17-15-22)25-18-19-26(29-6-3)24(5-2)27(25)28/h14-21H,4-13H2,1-3H3. The summed E-state index contributed by atoms with van der Waals surface area (Å²) in [6.45, 7) is 6.75. The third-order valence-electron chi connectivity index (χ3n) is 6.61. The maximum Gasteiger partial charge on any atom is 0.137 e. The smallest absolute Gasteiger partial charge is 0.137 e. The number of benzene rings is 2. The van der Waals surface area contributed by atoms with Gasteiger partial charge in [0, 0.05) is 11.1 Å². The fraction of sp³-hybridized carbons (Fsp3) is 0.556. The van der Waals surface area contributed by atoms with Gasteiger partial charge < -0.3 is 4.74 Å². The van der Waals surface area contributed by atoms with Crippen LogP contribution in [0.2, 0.25) is 0 Å². The molecule has 1 aliphatic rings. The third-order valence-corrected chi connectivity index (χ3v) is 6.61. The van der Waals surface area contributed by atoms with Crippen LogP contribution in [-0.4, -0.2) is 6.61 Å². The lowest BCUT2D eigenvalue weighted by molar-refractivity contribution is 0.303. The van der Waals surface area contributed by atoms with E-state index in [1.54, 1.807) is 0 Å². The second-order valence-corrected chi connectivity index (χ2v) is 8.53. The van der Waals surface area contributed by atoms with E-state index in [0.717, 1.165) is 11.5 Å². The molecule has 2 aromatic carbocycles. The Morgan fingerprint density at radius 1 is 0.897 bits per heavy atom. The predicted molar refractivity (Wildman–Crippen MR) is 121 cm³/mol. The molecular weight excluding hydrogens is 359 g/mol. The average molecular weight is 397 g/mol. The lowest BCUT2D eigenvalue weighted by Crippen LogP contribution is -2.13. The molecule has 1 nitrogen and oxygen atoms in total. The Kier molecular flexibility index (Phi) is 8.15. The Balaban J connectivity index is 1.67. The number of ether oxygens (including phenoxy) is 1. The van der Waals surface area contributed by atoms with Gasteiger partial charge in [-0.1, -0.05) is 63.8 Å². The summed E-state index contributed by atoms with van der Waals surface area (Å²) in [6, 6.07) is 12.4. The minimum absolute atomic E-state index is 0.140. The van der Waals surface area contributed by atoms with Crippen molar-refractivity contribution in [3.05, 3.63) is 53.3 Å². The molecule has 2 aromatic rings. The van der Waals surface area contributed by atoms with Crippen LogP contribution >= 0.6 is 0 Å². The van der Waals surface area contributed by atoms with Gasteiger partial charge in [-0.15, -0.1) is 0 Å². The minimum Gasteiger partial charge on any atom is -0.493 e. The monoisotopic (exact) mass is 396 g/mol. The summed E-state index contributed by atoms with van der Waals surface area (Å²) >= 11 is 0. The molecule has 0 N–H and O–H groups in total. The van der Waals surface area contributed by atoms with Gasteiger partial charge in [0.05, 0.1) is 6.61 Å². The van der Waals surface area contributed by atoms with E-state index < -0.39 is 0 Å². The van der Waals surface area contributed by atoms with E-state index in [9.17, 15) is 0 Å². The molecule has 29 heavy (non-hydrogen) atoms. The summed E-state index contributed by atoms with van der Waals surface area (Å²) in [5, 5.41) is 0. The van der Waals surface area contributed by atoms with Crippen molar-refractivity contribution in [3.63, 3.8) is 0 Å². The van der Waals surface area contributed by atoms with Gasteiger partial charge >= 0.3 is 0 Å². The summed E-state index contributed by atoms with van der Waals surface area (Å²) in [5.74, 6) is 2.13. The van der Waals surface area contributed by atoms with Crippen LogP contribution in [0.25, 0.3) is 11.1 Å². The van der Waals surface area contributed by atoms with E-state index in [1.807, 2.05) is 26.0 Å². The quantitative estimate of drug-likeness (QED) is 0.387. The molecular formula is C27H37FO. The Morgan fingerprint density at radius 3 is 2.24 bits per heavy atom. The highest BCUT2D eigenvalue weighted by atomic mass is 19.1. The van der Waals surface area contributed by atoms with Crippen molar-refractivity contribution in [3.8, 4) is 16.9 Å². The van der Waals surface area contributed by atoms with Gasteiger partial charge in [-0.3, -0.25) is 0 Å². The first-order valence-corrected chi connectivity index (χ1v) is 11.7. The Labute approximate surface area is 176 Å². The van der Waals surface area contributed by atoms with Crippen molar-refractivity contribution in [2.45, 2.75) is 84.5 Å². The van der Waals surface area contributed by atoms with Gasteiger partial charge in [-0.25, -0.2) is 4.39 Å². The first kappa shape index (κ1) is 21.9. The summed E-state index contributed by atoms with van der Waals surface area (Å²) in [4.78, 5) is 0. The summed E-state index contributed by atoms with van der Waals surface area (Å²) in [7, 11) is 0. The lowest BCUT2D eigenvalue weighted by Gasteiger charge is -2.29. The highest BCUT2D eigenvalue weighted by Gasteiger charge is 2.22. The molecule has 3 rings (SSSR count). The molecule has 1 saturated carbocycles. The Morgan fingerprint density at radius 2 is 1.62 bits per heavy atom. The minimum atomic E-state index is -0.140. The van der Waals surface area contributed by atoms with Crippen molar-refractivity contribution in [1.82, 2.24) is 0 Å². The molecule has 0 atom stereocenters. The number of rotatable bonds is 9. The van der Waals surface area contributed by atoms with E-state index >= 15 is 4.39 Å². The van der Waals surface area contributed by atoms with Crippen LogP contribution in [0.4, 0.5) is 4.39 Å². The van der Waals surface area contributed by atoms with Gasteiger partial charge in [0.15, 0.2) is 0 Å². The number of unbranched alkanes of at least 4 members (excludes halogenated alkanes) is 2. The average Bonchev–Trinajstić information content (AvgIpc) is 2.75. The SMILES string of the molecule is CCCCCC1CCC(c2ccc(-c3ccc(OCC)c(CC)c3F)cc2)CC1. The van der Waals surface area contributed by atoms with Crippen molar-refractivity contribution >= 4 is 0 Å². The maximum absolute atomic E-state index is 15.1. The first-order valence-electron chi connectivity index (χ1n) is 11.7. The molecule has 0 saturated heterocycles. The lowest BCUT2D eigenvalue weighted by atomic mass is 9.77. The summed E-state index contributed by atoms with van der Waals surface area (Å²) in [5.41, 5.74) is 3.73. The van der Waals surface area contributed by atoms with Gasteiger partial charge in [-0.05, 0) is 74.1 Å². The molecule has 0 spiro atoms. The second kappa shape index (κ2) is 10.8. The molecule has 0 radical (unpaired) electrons. The van der Waals surface area contributed by atoms with Gasteiger partial charge in [0.2, 0.25) is 0 Å². The van der Waals surface area contributed by atoms with E-state index in [1.165, 1.54) is 56.9 Å². The van der Waals surface area contributed by atoms with Crippen LogP contribution in [0.5, 0.6) is 5.75 Å². The van der Waals surface area contributed by atoms with E-state index in [-0.39, 0.29) is 5.82 Å². The van der Waals surface area contributed by atoms with Gasteiger partial charge in [-0.2, -0.15) is 0 Å². The summed E-state index contributed by atoms with van der Waals surface area (Å²) in [6.07, 6.45) is 11.5. The van der Waals surface area contributed by atoms with Crippen LogP contribution in [0.3, 0.4) is 0 Å². The van der Waals surface area contributed by atoms with Crippen molar-refractivity contribution < 1.29 is 9.13 Å². The van der Waals surface area contributed by atoms with Crippen molar-refractivity contribution in [2.75, 3.05) is 6.61 Å². The molecule has 0 heterocycles. The molecule has 1 fully saturated rings. The Bertz CT molecular complexity index is 757. The molecule has 158 valence electrons. The van der Waals surface area contributed by atoms with Gasteiger partial charge in [0.25, 0.3) is 0 Å². The fourth-order valence-electron chi connectivity index (χ4n) is 4.85. The second-order valence-electron chi connectivity index (χ2n) is 8.53. The van der Waals surface area contributed by atoms with E-state index in [0.29, 0.717) is 35.8 Å². The van der Waals surface area contributed by atoms with E-state index in [4.69, 9.17) is 4.74 Å². The normalized spacial score (nSPS) is 19.3. The molecule has 0 aromatic heterocycles. The van der Waals surface area contributed by atoms with Crippen LogP contribution < -0.4 is 4.74 Å². The molecule has 0 unspecified atom stereocenters. The van der Waals surface area contributed by atoms with Crippen LogP contribution in [-0.2, 0) is 6.42 Å². The largest absolute Gasteiger partial charge is 0.493 e. The van der Waals surface area contributed by atoms with Crippen LogP contribution in [0, 0.1) is 11.7 Å². The topological polar surface area (TPSA) is 9.23 Å². The third kappa shape index (κ3) is 5.41. The highest BCUT2D eigenvalue weighted by Crippen LogP contribution is 2.39. The highest BCUT2D eigenvalue weighted by molar-refractivity contribution is 5.67. The zero-order chi connectivity index (χ0) is 20.6. The molecule has 0 amide bonds. The maximum atomic E-state index is 15.1. The Hall–Kier alpha value is -1.83. The number of halogens is 1. The summed E-state index contributed by atoms with van der Waals surface area (Å²) < 4.78 is 20.7. The zero-order valence-corrected chi connectivity index (χ0v) is 18.5. The van der Waals surface area contributed by atoms with Crippen molar-refractivity contribution in [1.29, 1.82) is 0 Å². The van der Waals surface area contributed by atoms with Crippen molar-refractivity contribution in [2.24, 2.45) is 5.92 Å². The predicted octanol–water partition coefficient (Wildman–Crippen LogP) is 8.31. The van der Waals surface area contributed by atoms with E-state index in [2.05, 4.69) is 31.2 Å². The molecule has 2 heteroatoms. The fourth-order valence-corrected chi connectivity index (χ4v) is 4.85. The molecule has 0 aliphatic heterocycles. The number of hydrogen-bond acceptors (Lipinski definition) is 1.